The number of amides is 2. The number of fused-ring (bicyclic) bond motifs is 3. The molecule has 13 nitrogen and oxygen atoms in total. The molecule has 0 spiro atoms. The molecular weight excluding hydrogens is 548 g/mol. The van der Waals surface area contributed by atoms with E-state index in [0.717, 1.165) is 6.42 Å². The monoisotopic (exact) mass is 588 g/mol. The number of ether oxygens (including phenoxy) is 1. The fourth-order valence-electron chi connectivity index (χ4n) is 6.77. The first kappa shape index (κ1) is 31.3. The van der Waals surface area contributed by atoms with Gasteiger partial charge < -0.3 is 46.0 Å². The van der Waals surface area contributed by atoms with Gasteiger partial charge in [-0.25, -0.2) is 4.79 Å². The number of aromatic hydroxyl groups is 1. The summed E-state index contributed by atoms with van der Waals surface area (Å²) in [6, 6.07) is 0.708. The molecule has 1 aromatic carbocycles. The lowest BCUT2D eigenvalue weighted by Gasteiger charge is -2.53. The van der Waals surface area contributed by atoms with E-state index in [1.165, 1.54) is 0 Å². The van der Waals surface area contributed by atoms with Gasteiger partial charge >= 0.3 is 6.09 Å². The van der Waals surface area contributed by atoms with Crippen molar-refractivity contribution in [1.82, 2.24) is 10.2 Å². The molecule has 1 aromatic rings. The molecule has 230 valence electrons. The van der Waals surface area contributed by atoms with Crippen LogP contribution in [0.3, 0.4) is 0 Å². The Labute approximate surface area is 243 Å². The number of alkyl carbamates (subject to hydrolysis) is 1. The van der Waals surface area contributed by atoms with Crippen LogP contribution in [0.25, 0.3) is 5.76 Å². The van der Waals surface area contributed by atoms with Gasteiger partial charge in [-0.2, -0.15) is 0 Å². The second kappa shape index (κ2) is 11.5. The first-order valence-electron chi connectivity index (χ1n) is 14.0. The molecule has 13 heteroatoms. The number of nitrogens with zero attached hydrogens (tertiary/aromatic N) is 2. The van der Waals surface area contributed by atoms with Crippen molar-refractivity contribution in [3.63, 3.8) is 0 Å². The fraction of sp³-hybridized carbons (Fsp3) is 0.586. The number of likely N-dealkylation sites (N-methyl/N-ethyl adjacent to an activating group) is 1. The highest BCUT2D eigenvalue weighted by molar-refractivity contribution is 6.25. The summed E-state index contributed by atoms with van der Waals surface area (Å²) in [6.07, 6.45) is -0.488. The quantitative estimate of drug-likeness (QED) is 0.179. The molecule has 42 heavy (non-hydrogen) atoms. The van der Waals surface area contributed by atoms with Crippen LogP contribution in [-0.2, 0) is 32.1 Å². The van der Waals surface area contributed by atoms with Crippen LogP contribution < -0.4 is 16.0 Å². The van der Waals surface area contributed by atoms with Gasteiger partial charge in [-0.15, -0.1) is 0 Å². The summed E-state index contributed by atoms with van der Waals surface area (Å²) in [4.78, 5) is 55.2. The summed E-state index contributed by atoms with van der Waals surface area (Å²) in [7, 11) is 6.74. The summed E-state index contributed by atoms with van der Waals surface area (Å²) in [5.74, 6) is -8.04. The lowest BCUT2D eigenvalue weighted by molar-refractivity contribution is -0.184. The topological polar surface area (TPSA) is 203 Å². The van der Waals surface area contributed by atoms with Crippen molar-refractivity contribution < 1.29 is 44.3 Å². The predicted molar refractivity (Wildman–Crippen MR) is 152 cm³/mol. The van der Waals surface area contributed by atoms with E-state index in [4.69, 9.17) is 10.5 Å². The number of anilines is 1. The lowest BCUT2D eigenvalue weighted by atomic mass is 9.54. The number of ketones is 2. The molecule has 2 fully saturated rings. The lowest BCUT2D eigenvalue weighted by Crippen LogP contribution is -2.73. The Morgan fingerprint density at radius 1 is 1.19 bits per heavy atom. The molecule has 0 radical (unpaired) electrons. The summed E-state index contributed by atoms with van der Waals surface area (Å²) in [6.45, 7) is 2.06. The number of hydrogen-bond acceptors (Lipinski definition) is 11. The Morgan fingerprint density at radius 3 is 2.43 bits per heavy atom. The number of carbonyl (C=O) groups excluding carboxylic acids is 4. The number of rotatable bonds is 8. The molecule has 0 aromatic heterocycles. The first-order chi connectivity index (χ1) is 19.7. The normalized spacial score (nSPS) is 28.6. The summed E-state index contributed by atoms with van der Waals surface area (Å²) < 4.78 is 5.11. The zero-order valence-electron chi connectivity index (χ0n) is 24.5. The van der Waals surface area contributed by atoms with Crippen LogP contribution in [0.1, 0.15) is 42.9 Å². The Balaban J connectivity index is 1.81. The molecule has 0 heterocycles. The minimum Gasteiger partial charge on any atom is -0.507 e. The third-order valence-corrected chi connectivity index (χ3v) is 8.78. The van der Waals surface area contributed by atoms with E-state index in [9.17, 15) is 39.6 Å². The second-order valence-electron chi connectivity index (χ2n) is 11.8. The number of Topliss-reactive ketones (excluding diaryl/α,β-unsaturated/α-hetero) is 2. The van der Waals surface area contributed by atoms with Gasteiger partial charge in [0.15, 0.2) is 11.4 Å². The number of aliphatic hydroxyl groups is 3. The molecular formula is C29H40N4O9. The summed E-state index contributed by atoms with van der Waals surface area (Å²) in [5, 5.41) is 48.2. The maximum Gasteiger partial charge on any atom is 0.407 e. The van der Waals surface area contributed by atoms with Crippen LogP contribution in [0, 0.1) is 17.8 Å². The minimum atomic E-state index is -2.73. The molecule has 3 aliphatic carbocycles. The van der Waals surface area contributed by atoms with Gasteiger partial charge in [0.25, 0.3) is 0 Å². The van der Waals surface area contributed by atoms with Crippen molar-refractivity contribution >= 4 is 35.0 Å². The van der Waals surface area contributed by atoms with E-state index in [0.29, 0.717) is 17.7 Å². The highest BCUT2D eigenvalue weighted by atomic mass is 16.5. The highest BCUT2D eigenvalue weighted by Crippen LogP contribution is 2.53. The van der Waals surface area contributed by atoms with Crippen molar-refractivity contribution in [3.8, 4) is 5.75 Å². The molecule has 0 saturated heterocycles. The first-order valence-corrected chi connectivity index (χ1v) is 14.0. The number of phenolic OH excluding ortho intramolecular Hbond substituents is 1. The average Bonchev–Trinajstić information content (AvgIpc) is 2.89. The van der Waals surface area contributed by atoms with Crippen molar-refractivity contribution in [2.24, 2.45) is 23.5 Å². The number of primary amides is 1. The zero-order valence-corrected chi connectivity index (χ0v) is 24.5. The van der Waals surface area contributed by atoms with Crippen LogP contribution in [0.5, 0.6) is 5.75 Å². The maximum atomic E-state index is 14.0. The van der Waals surface area contributed by atoms with E-state index in [1.807, 2.05) is 6.92 Å². The maximum absolute atomic E-state index is 14.0. The van der Waals surface area contributed by atoms with Crippen LogP contribution >= 0.6 is 0 Å². The molecule has 6 atom stereocenters. The standard InChI is InChI=1S/C29H40N4O9/c1-6-7-8-42-28(40)31-12-14-11-17(32(2)3)15-9-13-10-16-21(33(4)5)24(36)20(27(30)39)26(38)29(16,41)25(37)18(13)23(35)19(15)22(14)34/h11,13,16,20-21,24,34-36,41H,6-10,12H2,1-5H3,(H2,30,39)(H,31,40)/t13-,16-,20?,21-,24?,29-/m1/s1. The van der Waals surface area contributed by atoms with Crippen molar-refractivity contribution in [1.29, 1.82) is 0 Å². The van der Waals surface area contributed by atoms with E-state index < -0.39 is 64.8 Å². The van der Waals surface area contributed by atoms with Crippen LogP contribution in [0.4, 0.5) is 10.5 Å². The van der Waals surface area contributed by atoms with Gasteiger partial charge in [-0.3, -0.25) is 14.4 Å². The number of nitrogens with one attached hydrogen (secondary N) is 1. The van der Waals surface area contributed by atoms with Gasteiger partial charge in [-0.1, -0.05) is 13.3 Å². The molecule has 2 unspecified atom stereocenters. The Bertz CT molecular complexity index is 1340. The van der Waals surface area contributed by atoms with Gasteiger partial charge in [-0.05, 0) is 50.9 Å². The highest BCUT2D eigenvalue weighted by Gasteiger charge is 2.67. The van der Waals surface area contributed by atoms with Gasteiger partial charge in [0.1, 0.15) is 17.4 Å². The summed E-state index contributed by atoms with van der Waals surface area (Å²) in [5.41, 5.74) is 3.81. The van der Waals surface area contributed by atoms with Crippen molar-refractivity contribution in [2.75, 3.05) is 39.7 Å². The molecule has 2 amide bonds. The Morgan fingerprint density at radius 2 is 1.86 bits per heavy atom. The zero-order chi connectivity index (χ0) is 31.3. The molecule has 0 aliphatic heterocycles. The van der Waals surface area contributed by atoms with E-state index in [-0.39, 0.29) is 48.4 Å². The largest absolute Gasteiger partial charge is 0.507 e. The van der Waals surface area contributed by atoms with Crippen LogP contribution in [0.2, 0.25) is 0 Å². The van der Waals surface area contributed by atoms with Crippen molar-refractivity contribution in [2.45, 2.75) is 56.9 Å². The third-order valence-electron chi connectivity index (χ3n) is 8.78. The molecule has 2 saturated carbocycles. The number of hydrogen-bond donors (Lipinski definition) is 6. The predicted octanol–water partition coefficient (Wildman–Crippen LogP) is 0.221. The number of carbonyl (C=O) groups is 4. The average molecular weight is 589 g/mol. The number of benzene rings is 1. The number of unbranched alkanes of at least 4 members (excludes halogenated alkanes) is 1. The second-order valence-corrected chi connectivity index (χ2v) is 11.8. The van der Waals surface area contributed by atoms with Gasteiger partial charge in [0.05, 0.1) is 18.3 Å². The van der Waals surface area contributed by atoms with Crippen LogP contribution in [0.15, 0.2) is 11.6 Å². The molecule has 3 aliphatic rings. The van der Waals surface area contributed by atoms with E-state index in [1.54, 1.807) is 44.1 Å². The Kier molecular flexibility index (Phi) is 8.59. The number of aliphatic hydroxyl groups excluding tert-OH is 2. The molecule has 7 N–H and O–H groups in total. The smallest absolute Gasteiger partial charge is 0.407 e. The Hall–Kier alpha value is -3.68. The minimum absolute atomic E-state index is 0.0265. The number of nitrogens with two attached hydrogens (primary N) is 1. The summed E-state index contributed by atoms with van der Waals surface area (Å²) >= 11 is 0. The molecule has 4 rings (SSSR count). The van der Waals surface area contributed by atoms with Gasteiger partial charge in [0.2, 0.25) is 11.7 Å². The van der Waals surface area contributed by atoms with E-state index in [2.05, 4.69) is 5.32 Å². The fourth-order valence-corrected chi connectivity index (χ4v) is 6.77. The molecule has 0 bridgehead atoms. The van der Waals surface area contributed by atoms with Crippen molar-refractivity contribution in [3.05, 3.63) is 28.3 Å². The van der Waals surface area contributed by atoms with Gasteiger partial charge in [0, 0.05) is 49.4 Å². The third kappa shape index (κ3) is 4.88. The SMILES string of the molecule is CCCCOC(=O)NCc1cc(N(C)C)c2c(c1O)C(O)=C1C(=O)[C@@]3(O)C(=O)C(C(N)=O)C(O)[C@H](N(C)C)[C@H]3C[C@H]1C2. The van der Waals surface area contributed by atoms with E-state index >= 15 is 0 Å². The van der Waals surface area contributed by atoms with Crippen LogP contribution in [-0.4, -0.2) is 101 Å². The number of phenols is 1.